The van der Waals surface area contributed by atoms with Gasteiger partial charge in [0.15, 0.2) is 0 Å². The average Bonchev–Trinajstić information content (AvgIpc) is 0.650. The Kier molecular flexibility index (Phi) is 1.22. The van der Waals surface area contributed by atoms with Gasteiger partial charge in [0, 0.05) is 0 Å². The van der Waals surface area contributed by atoms with Gasteiger partial charge in [-0.3, -0.25) is 0 Å². The van der Waals surface area contributed by atoms with Crippen LogP contribution in [-0.2, 0) is 14.8 Å². The molecule has 0 rings (SSSR count). The summed E-state index contributed by atoms with van der Waals surface area (Å²) in [5.74, 6) is 0. The molecular formula is C5H15Mo. The molecule has 0 spiro atoms. The molecule has 6 heavy (non-hydrogen) atoms. The Labute approximate surface area is 41.8 Å². The average molecular weight is 171 g/mol. The Morgan fingerprint density at radius 1 is 0.667 bits per heavy atom. The van der Waals surface area contributed by atoms with Gasteiger partial charge in [-0.2, -0.15) is 0 Å². The monoisotopic (exact) mass is 173 g/mol. The molecular weight excluding hydrogens is 156 g/mol. The summed E-state index contributed by atoms with van der Waals surface area (Å²) >= 11 is -1.62. The summed E-state index contributed by atoms with van der Waals surface area (Å²) in [6, 6.07) is 0. The van der Waals surface area contributed by atoms with Crippen LogP contribution in [0.15, 0.2) is 0 Å². The number of rotatable bonds is 0. The van der Waals surface area contributed by atoms with Crippen LogP contribution >= 0.6 is 0 Å². The van der Waals surface area contributed by atoms with Gasteiger partial charge in [0.25, 0.3) is 0 Å². The van der Waals surface area contributed by atoms with E-state index in [1.807, 2.05) is 0 Å². The van der Waals surface area contributed by atoms with E-state index in [-0.39, 0.29) is 0 Å². The second-order valence-corrected chi connectivity index (χ2v) is 24.2. The number of hydrogen-bond acceptors (Lipinski definition) is 0. The molecule has 0 N–H and O–H groups in total. The van der Waals surface area contributed by atoms with E-state index >= 15 is 0 Å². The summed E-state index contributed by atoms with van der Waals surface area (Å²) < 4.78 is 0. The molecule has 0 bridgehead atoms. The fraction of sp³-hybridized carbons (Fsp3) is 1.00. The molecule has 0 saturated heterocycles. The van der Waals surface area contributed by atoms with Crippen molar-refractivity contribution in [3.63, 3.8) is 0 Å². The Hall–Kier alpha value is 0.688. The molecule has 0 saturated carbocycles. The fourth-order valence-corrected chi connectivity index (χ4v) is 0. The zero-order valence-corrected chi connectivity index (χ0v) is 7.42. The van der Waals surface area contributed by atoms with Crippen LogP contribution in [0.4, 0.5) is 0 Å². The summed E-state index contributed by atoms with van der Waals surface area (Å²) in [5, 5.41) is 12.0. The van der Waals surface area contributed by atoms with Gasteiger partial charge in [-0.05, 0) is 0 Å². The van der Waals surface area contributed by atoms with Gasteiger partial charge in [0.05, 0.1) is 0 Å². The van der Waals surface area contributed by atoms with Crippen LogP contribution < -0.4 is 0 Å². The van der Waals surface area contributed by atoms with Gasteiger partial charge in [-0.15, -0.1) is 0 Å². The first-order valence-electron chi connectivity index (χ1n) is 2.04. The van der Waals surface area contributed by atoms with Crippen molar-refractivity contribution in [3.8, 4) is 0 Å². The van der Waals surface area contributed by atoms with Gasteiger partial charge in [-0.25, -0.2) is 0 Å². The van der Waals surface area contributed by atoms with Crippen molar-refractivity contribution in [1.29, 1.82) is 0 Å². The number of hydrogen-bond donors (Lipinski definition) is 0. The Morgan fingerprint density at radius 2 is 0.667 bits per heavy atom. The van der Waals surface area contributed by atoms with Crippen molar-refractivity contribution < 1.29 is 14.8 Å². The molecule has 41 valence electrons. The van der Waals surface area contributed by atoms with Crippen LogP contribution in [0.5, 0.6) is 0 Å². The van der Waals surface area contributed by atoms with Crippen LogP contribution in [-0.4, -0.2) is 0 Å². The quantitative estimate of drug-likeness (QED) is 0.491. The van der Waals surface area contributed by atoms with Crippen molar-refractivity contribution in [3.05, 3.63) is 0 Å². The molecule has 1 heteroatoms. The first-order valence-corrected chi connectivity index (χ1v) is 12.1. The van der Waals surface area contributed by atoms with Gasteiger partial charge in [-0.1, -0.05) is 0 Å². The summed E-state index contributed by atoms with van der Waals surface area (Å²) in [7, 11) is 0. The second kappa shape index (κ2) is 1.09. The van der Waals surface area contributed by atoms with Gasteiger partial charge in [0.1, 0.15) is 0 Å². The third kappa shape index (κ3) is 135. The van der Waals surface area contributed by atoms with E-state index in [1.165, 1.54) is 0 Å². The third-order valence-electron chi connectivity index (χ3n) is 0. The molecule has 0 aromatic rings. The maximum absolute atomic E-state index is 2.40. The first-order chi connectivity index (χ1) is 2.24. The standard InChI is InChI=1S/5CH3.Mo/h5*1H3;. The van der Waals surface area contributed by atoms with Crippen molar-refractivity contribution >= 4 is 0 Å². The molecule has 0 aromatic heterocycles. The van der Waals surface area contributed by atoms with Crippen molar-refractivity contribution in [2.24, 2.45) is 0 Å². The van der Waals surface area contributed by atoms with Gasteiger partial charge in [0.2, 0.25) is 0 Å². The molecule has 0 fully saturated rings. The fourth-order valence-electron chi connectivity index (χ4n) is 0. The third-order valence-corrected chi connectivity index (χ3v) is 0. The summed E-state index contributed by atoms with van der Waals surface area (Å²) in [4.78, 5) is 0. The van der Waals surface area contributed by atoms with E-state index in [0.717, 1.165) is 0 Å². The molecule has 0 atom stereocenters. The Morgan fingerprint density at radius 3 is 0.667 bits per heavy atom. The molecule has 0 radical (unpaired) electrons. The first kappa shape index (κ1) is 6.69. The van der Waals surface area contributed by atoms with Crippen molar-refractivity contribution in [2.75, 3.05) is 0 Å². The van der Waals surface area contributed by atoms with Crippen LogP contribution in [0.1, 0.15) is 0 Å². The summed E-state index contributed by atoms with van der Waals surface area (Å²) in [5.41, 5.74) is 0. The normalized spacial score (nSPS) is 19.2. The zero-order chi connectivity index (χ0) is 5.45. The predicted octanol–water partition coefficient (Wildman–Crippen LogP) is 2.92. The van der Waals surface area contributed by atoms with E-state index in [4.69, 9.17) is 0 Å². The summed E-state index contributed by atoms with van der Waals surface area (Å²) in [6.45, 7) is 0. The van der Waals surface area contributed by atoms with E-state index < -0.39 is 14.8 Å². The van der Waals surface area contributed by atoms with E-state index in [1.54, 1.807) is 0 Å². The summed E-state index contributed by atoms with van der Waals surface area (Å²) in [6.07, 6.45) is 0. The van der Waals surface area contributed by atoms with E-state index in [9.17, 15) is 0 Å². The van der Waals surface area contributed by atoms with Crippen molar-refractivity contribution in [2.45, 2.75) is 26.6 Å². The maximum atomic E-state index is 2.40. The molecule has 0 heterocycles. The van der Waals surface area contributed by atoms with E-state index in [0.29, 0.717) is 0 Å². The predicted molar refractivity (Wildman–Crippen MR) is 29.3 cm³/mol. The van der Waals surface area contributed by atoms with Crippen LogP contribution in [0, 0.1) is 0 Å². The SMILES string of the molecule is [CH3][Mo]([CH3])([CH3])([CH3])[CH3]. The molecule has 0 aromatic carbocycles. The molecule has 0 amide bonds. The van der Waals surface area contributed by atoms with Crippen LogP contribution in [0.2, 0.25) is 26.6 Å². The molecule has 0 aliphatic heterocycles. The molecule has 0 aliphatic rings. The van der Waals surface area contributed by atoms with Gasteiger partial charge < -0.3 is 0 Å². The van der Waals surface area contributed by atoms with E-state index in [2.05, 4.69) is 26.6 Å². The second-order valence-electron chi connectivity index (χ2n) is 4.08. The van der Waals surface area contributed by atoms with Crippen LogP contribution in [0.25, 0.3) is 0 Å². The molecule has 0 nitrogen and oxygen atoms in total. The van der Waals surface area contributed by atoms with Gasteiger partial charge >= 0.3 is 41.4 Å². The van der Waals surface area contributed by atoms with Crippen molar-refractivity contribution in [1.82, 2.24) is 0 Å². The zero-order valence-electron chi connectivity index (χ0n) is 5.41. The molecule has 0 unspecified atom stereocenters. The minimum atomic E-state index is -1.62. The van der Waals surface area contributed by atoms with Crippen LogP contribution in [0.3, 0.4) is 0 Å². The Balaban J connectivity index is 3.73. The molecule has 0 aliphatic carbocycles. The minimum absolute atomic E-state index is 1.62. The Bertz CT molecular complexity index is 37.1. The topological polar surface area (TPSA) is 0 Å².